The van der Waals surface area contributed by atoms with Gasteiger partial charge in [-0.15, -0.1) is 0 Å². The van der Waals surface area contributed by atoms with Gasteiger partial charge >= 0.3 is 0 Å². The first-order valence-electron chi connectivity index (χ1n) is 15.3. The van der Waals surface area contributed by atoms with Gasteiger partial charge in [-0.25, -0.2) is 0 Å². The van der Waals surface area contributed by atoms with Crippen LogP contribution in [0.3, 0.4) is 0 Å². The molecule has 3 heterocycles. The van der Waals surface area contributed by atoms with E-state index in [-0.39, 0.29) is 0 Å². The molecule has 0 aliphatic carbocycles. The molecule has 0 saturated carbocycles. The zero-order chi connectivity index (χ0) is 29.5. The highest BCUT2D eigenvalue weighted by Gasteiger charge is 2.19. The van der Waals surface area contributed by atoms with Crippen LogP contribution >= 0.6 is 0 Å². The van der Waals surface area contributed by atoms with E-state index < -0.39 is 0 Å². The van der Waals surface area contributed by atoms with Crippen molar-refractivity contribution < 1.29 is 8.83 Å². The van der Waals surface area contributed by atoms with Gasteiger partial charge in [-0.2, -0.15) is 0 Å². The van der Waals surface area contributed by atoms with Crippen molar-refractivity contribution in [2.45, 2.75) is 0 Å². The molecule has 0 bridgehead atoms. The quantitative estimate of drug-likeness (QED) is 0.210. The van der Waals surface area contributed by atoms with Crippen molar-refractivity contribution >= 4 is 65.7 Å². The Balaban J connectivity index is 1.18. The van der Waals surface area contributed by atoms with Gasteiger partial charge in [0.15, 0.2) is 5.58 Å². The van der Waals surface area contributed by atoms with Crippen LogP contribution in [0.4, 0.5) is 0 Å². The maximum atomic E-state index is 6.56. The Morgan fingerprint density at radius 2 is 0.956 bits per heavy atom. The molecule has 0 spiro atoms. The van der Waals surface area contributed by atoms with E-state index >= 15 is 0 Å². The second kappa shape index (κ2) is 9.22. The number of fused-ring (bicyclic) bond motifs is 10. The highest BCUT2D eigenvalue weighted by atomic mass is 16.3. The van der Waals surface area contributed by atoms with E-state index in [4.69, 9.17) is 8.83 Å². The monoisotopic (exact) mass is 575 g/mol. The third-order valence-corrected chi connectivity index (χ3v) is 9.20. The van der Waals surface area contributed by atoms with Crippen LogP contribution in [-0.2, 0) is 0 Å². The third-order valence-electron chi connectivity index (χ3n) is 9.20. The zero-order valence-corrected chi connectivity index (χ0v) is 24.2. The summed E-state index contributed by atoms with van der Waals surface area (Å²) in [4.78, 5) is 0. The Kier molecular flexibility index (Phi) is 5.00. The average molecular weight is 576 g/mol. The summed E-state index contributed by atoms with van der Waals surface area (Å²) in [7, 11) is 0. The van der Waals surface area contributed by atoms with Crippen molar-refractivity contribution in [2.75, 3.05) is 0 Å². The molecule has 0 aliphatic rings. The van der Waals surface area contributed by atoms with Crippen molar-refractivity contribution in [1.29, 1.82) is 0 Å². The number of para-hydroxylation sites is 4. The molecule has 3 nitrogen and oxygen atoms in total. The Bertz CT molecular complexity index is 2770. The normalized spacial score (nSPS) is 12.0. The van der Waals surface area contributed by atoms with Gasteiger partial charge < -0.3 is 13.4 Å². The molecule has 0 saturated heterocycles. The first-order valence-corrected chi connectivity index (χ1v) is 15.3. The van der Waals surface area contributed by atoms with Gasteiger partial charge in [-0.1, -0.05) is 109 Å². The van der Waals surface area contributed by atoms with Gasteiger partial charge in [0.25, 0.3) is 0 Å². The van der Waals surface area contributed by atoms with Crippen LogP contribution < -0.4 is 0 Å². The molecule has 0 atom stereocenters. The van der Waals surface area contributed by atoms with E-state index in [0.717, 1.165) is 82.9 Å². The summed E-state index contributed by atoms with van der Waals surface area (Å²) in [5.74, 6) is 0. The fourth-order valence-corrected chi connectivity index (χ4v) is 7.16. The van der Waals surface area contributed by atoms with Crippen LogP contribution in [-0.4, -0.2) is 4.57 Å². The molecule has 0 N–H and O–H groups in total. The smallest absolute Gasteiger partial charge is 0.160 e. The molecule has 3 aromatic heterocycles. The average Bonchev–Trinajstić information content (AvgIpc) is 3.78. The molecule has 10 rings (SSSR count). The fraction of sp³-hybridized carbons (Fsp3) is 0. The Morgan fingerprint density at radius 1 is 0.378 bits per heavy atom. The summed E-state index contributed by atoms with van der Waals surface area (Å²) in [6.07, 6.45) is 0. The Labute approximate surface area is 258 Å². The summed E-state index contributed by atoms with van der Waals surface area (Å²) in [6.45, 7) is 0. The summed E-state index contributed by atoms with van der Waals surface area (Å²) in [5.41, 5.74) is 11.5. The van der Waals surface area contributed by atoms with E-state index in [1.165, 1.54) is 10.8 Å². The number of hydrogen-bond acceptors (Lipinski definition) is 2. The second-order valence-corrected chi connectivity index (χ2v) is 11.7. The lowest BCUT2D eigenvalue weighted by Crippen LogP contribution is -1.94. The van der Waals surface area contributed by atoms with Gasteiger partial charge in [-0.05, 0) is 59.2 Å². The minimum atomic E-state index is 0.904. The predicted octanol–water partition coefficient (Wildman–Crippen LogP) is 11.9. The molecule has 3 heteroatoms. The molecular formula is C42H25NO2. The largest absolute Gasteiger partial charge is 0.455 e. The van der Waals surface area contributed by atoms with Crippen molar-refractivity contribution in [3.05, 3.63) is 152 Å². The zero-order valence-electron chi connectivity index (χ0n) is 24.2. The molecule has 45 heavy (non-hydrogen) atoms. The van der Waals surface area contributed by atoms with E-state index in [2.05, 4.69) is 132 Å². The number of hydrogen-bond donors (Lipinski definition) is 0. The predicted molar refractivity (Wildman–Crippen MR) is 186 cm³/mol. The van der Waals surface area contributed by atoms with Crippen molar-refractivity contribution in [3.63, 3.8) is 0 Å². The maximum Gasteiger partial charge on any atom is 0.160 e. The maximum absolute atomic E-state index is 6.56. The molecule has 0 unspecified atom stereocenters. The Hall–Kier alpha value is -6.06. The van der Waals surface area contributed by atoms with E-state index in [1.54, 1.807) is 0 Å². The molecule has 0 fully saturated rings. The first-order chi connectivity index (χ1) is 22.3. The van der Waals surface area contributed by atoms with Crippen LogP contribution in [0.2, 0.25) is 0 Å². The van der Waals surface area contributed by atoms with Gasteiger partial charge in [-0.3, -0.25) is 0 Å². The SMILES string of the molecule is c1cc(-c2cccc(-n3c4ccccc4c4ccc5c6ccccc6oc5c43)c2)cc(-c2cccc3c2oc2ccccc23)c1. The third kappa shape index (κ3) is 3.52. The standard InChI is InChI=1S/C42H25NO2/c1-4-19-37-31(14-1)34-22-23-36-33-16-3-6-21-39(33)45-42(36)40(34)43(37)29-13-8-11-27(25-29)26-10-7-12-28(24-26)30-17-9-18-35-32-15-2-5-20-38(32)44-41(30)35/h1-25H. The lowest BCUT2D eigenvalue weighted by molar-refractivity contribution is 0.670. The van der Waals surface area contributed by atoms with E-state index in [9.17, 15) is 0 Å². The molecular weight excluding hydrogens is 550 g/mol. The Morgan fingerprint density at radius 3 is 1.78 bits per heavy atom. The van der Waals surface area contributed by atoms with Crippen LogP contribution in [0.5, 0.6) is 0 Å². The number of aromatic nitrogens is 1. The molecule has 7 aromatic carbocycles. The van der Waals surface area contributed by atoms with E-state index in [0.29, 0.717) is 0 Å². The summed E-state index contributed by atoms with van der Waals surface area (Å²) in [6, 6.07) is 53.6. The highest BCUT2D eigenvalue weighted by Crippen LogP contribution is 2.41. The number of benzene rings is 7. The molecule has 0 amide bonds. The molecule has 210 valence electrons. The lowest BCUT2D eigenvalue weighted by atomic mass is 9.97. The number of rotatable bonds is 3. The first kappa shape index (κ1) is 24.4. The number of nitrogens with zero attached hydrogens (tertiary/aromatic N) is 1. The van der Waals surface area contributed by atoms with Crippen LogP contribution in [0.25, 0.3) is 93.6 Å². The molecule has 0 aliphatic heterocycles. The summed E-state index contributed by atoms with van der Waals surface area (Å²) in [5, 5.41) is 6.94. The van der Waals surface area contributed by atoms with Gasteiger partial charge in [0.1, 0.15) is 16.7 Å². The minimum Gasteiger partial charge on any atom is -0.455 e. The van der Waals surface area contributed by atoms with E-state index in [1.807, 2.05) is 24.3 Å². The highest BCUT2D eigenvalue weighted by molar-refractivity contribution is 6.21. The van der Waals surface area contributed by atoms with Gasteiger partial charge in [0, 0.05) is 43.6 Å². The van der Waals surface area contributed by atoms with Crippen LogP contribution in [0.1, 0.15) is 0 Å². The minimum absolute atomic E-state index is 0.904. The number of furan rings is 2. The topological polar surface area (TPSA) is 31.2 Å². The van der Waals surface area contributed by atoms with Gasteiger partial charge in [0.05, 0.1) is 11.0 Å². The lowest BCUT2D eigenvalue weighted by Gasteiger charge is -2.11. The summed E-state index contributed by atoms with van der Waals surface area (Å²) >= 11 is 0. The van der Waals surface area contributed by atoms with Crippen molar-refractivity contribution in [1.82, 2.24) is 4.57 Å². The molecule has 10 aromatic rings. The summed E-state index contributed by atoms with van der Waals surface area (Å²) < 4.78 is 15.3. The second-order valence-electron chi connectivity index (χ2n) is 11.7. The molecule has 0 radical (unpaired) electrons. The van der Waals surface area contributed by atoms with Gasteiger partial charge in [0.2, 0.25) is 0 Å². The van der Waals surface area contributed by atoms with Crippen molar-refractivity contribution in [3.8, 4) is 27.9 Å². The fourth-order valence-electron chi connectivity index (χ4n) is 7.16. The van der Waals surface area contributed by atoms with Crippen molar-refractivity contribution in [2.24, 2.45) is 0 Å². The van der Waals surface area contributed by atoms with Crippen LogP contribution in [0.15, 0.2) is 160 Å². The van der Waals surface area contributed by atoms with Crippen LogP contribution in [0, 0.1) is 0 Å².